The van der Waals surface area contributed by atoms with Crippen LogP contribution in [-0.2, 0) is 4.79 Å². The summed E-state index contributed by atoms with van der Waals surface area (Å²) in [5.74, 6) is -0.115. The number of hydrogen-bond donors (Lipinski definition) is 1. The maximum Gasteiger partial charge on any atom is 0.232 e. The third-order valence-corrected chi connectivity index (χ3v) is 2.79. The number of carbonyl (C=O) groups is 1. The highest BCUT2D eigenvalue weighted by Gasteiger charge is 2.30. The molecule has 1 atom stereocenters. The lowest BCUT2D eigenvalue weighted by Gasteiger charge is -2.08. The second kappa shape index (κ2) is 3.74. The van der Waals surface area contributed by atoms with Crippen LogP contribution in [0, 0.1) is 18.3 Å². The Labute approximate surface area is 88.7 Å². The Balaban J connectivity index is 2.36. The predicted octanol–water partition coefficient (Wildman–Crippen LogP) is 2.33. The molecule has 1 aromatic rings. The standard InChI is InChI=1S/C12H12N2O/c1-8-4-2-6-10-11(8)9(5-3-7-13)12(15)14-10/h2,4,6,9H,3,5H2,1H3,(H,14,15). The lowest BCUT2D eigenvalue weighted by molar-refractivity contribution is -0.117. The van der Waals surface area contributed by atoms with Crippen molar-refractivity contribution in [3.8, 4) is 6.07 Å². The Kier molecular flexibility index (Phi) is 2.42. The average Bonchev–Trinajstić information content (AvgIpc) is 2.53. The molecule has 0 saturated heterocycles. The minimum atomic E-state index is -0.138. The van der Waals surface area contributed by atoms with Crippen molar-refractivity contribution in [2.45, 2.75) is 25.7 Å². The Morgan fingerprint density at radius 1 is 1.53 bits per heavy atom. The molecule has 1 unspecified atom stereocenters. The highest BCUT2D eigenvalue weighted by molar-refractivity contribution is 6.03. The molecule has 2 rings (SSSR count). The zero-order valence-corrected chi connectivity index (χ0v) is 8.58. The molecule has 1 aromatic carbocycles. The Morgan fingerprint density at radius 3 is 3.07 bits per heavy atom. The Bertz CT molecular complexity index is 445. The Morgan fingerprint density at radius 2 is 2.33 bits per heavy atom. The van der Waals surface area contributed by atoms with E-state index in [1.54, 1.807) is 0 Å². The minimum Gasteiger partial charge on any atom is -0.325 e. The first-order valence-electron chi connectivity index (χ1n) is 5.01. The van der Waals surface area contributed by atoms with Crippen molar-refractivity contribution in [2.75, 3.05) is 5.32 Å². The van der Waals surface area contributed by atoms with E-state index in [0.29, 0.717) is 12.8 Å². The molecule has 1 N–H and O–H groups in total. The quantitative estimate of drug-likeness (QED) is 0.796. The fourth-order valence-corrected chi connectivity index (χ4v) is 2.09. The molecule has 0 radical (unpaired) electrons. The summed E-state index contributed by atoms with van der Waals surface area (Å²) in [6, 6.07) is 7.92. The van der Waals surface area contributed by atoms with E-state index in [0.717, 1.165) is 16.8 Å². The number of anilines is 1. The summed E-state index contributed by atoms with van der Waals surface area (Å²) in [4.78, 5) is 11.7. The van der Waals surface area contributed by atoms with Gasteiger partial charge >= 0.3 is 0 Å². The molecular formula is C12H12N2O. The van der Waals surface area contributed by atoms with Crippen LogP contribution in [0.15, 0.2) is 18.2 Å². The van der Waals surface area contributed by atoms with E-state index >= 15 is 0 Å². The molecule has 1 amide bonds. The highest BCUT2D eigenvalue weighted by Crippen LogP contribution is 2.37. The van der Waals surface area contributed by atoms with Gasteiger partial charge in [0.05, 0.1) is 12.0 Å². The number of nitrogens with one attached hydrogen (secondary N) is 1. The van der Waals surface area contributed by atoms with E-state index in [-0.39, 0.29) is 11.8 Å². The molecule has 3 nitrogen and oxygen atoms in total. The second-order valence-electron chi connectivity index (χ2n) is 3.77. The molecular weight excluding hydrogens is 188 g/mol. The zero-order valence-electron chi connectivity index (χ0n) is 8.58. The summed E-state index contributed by atoms with van der Waals surface area (Å²) < 4.78 is 0. The van der Waals surface area contributed by atoms with Gasteiger partial charge in [0.1, 0.15) is 0 Å². The third kappa shape index (κ3) is 1.59. The summed E-state index contributed by atoms with van der Waals surface area (Å²) >= 11 is 0. The van der Waals surface area contributed by atoms with Gasteiger partial charge in [-0.15, -0.1) is 0 Å². The van der Waals surface area contributed by atoms with Gasteiger partial charge in [-0.3, -0.25) is 4.79 Å². The van der Waals surface area contributed by atoms with Crippen molar-refractivity contribution < 1.29 is 4.79 Å². The molecule has 0 spiro atoms. The van der Waals surface area contributed by atoms with Crippen molar-refractivity contribution in [3.05, 3.63) is 29.3 Å². The number of nitriles is 1. The topological polar surface area (TPSA) is 52.9 Å². The molecule has 0 fully saturated rings. The summed E-state index contributed by atoms with van der Waals surface area (Å²) in [5.41, 5.74) is 3.09. The normalized spacial score (nSPS) is 18.1. The highest BCUT2D eigenvalue weighted by atomic mass is 16.2. The lowest BCUT2D eigenvalue weighted by Crippen LogP contribution is -2.12. The smallest absolute Gasteiger partial charge is 0.232 e. The van der Waals surface area contributed by atoms with Crippen LogP contribution in [-0.4, -0.2) is 5.91 Å². The first-order valence-corrected chi connectivity index (χ1v) is 5.01. The summed E-state index contributed by atoms with van der Waals surface area (Å²) in [6.07, 6.45) is 1.03. The van der Waals surface area contributed by atoms with Gasteiger partial charge in [0.15, 0.2) is 0 Å². The number of carbonyl (C=O) groups excluding carboxylic acids is 1. The summed E-state index contributed by atoms with van der Waals surface area (Å²) in [6.45, 7) is 2.00. The number of benzene rings is 1. The fraction of sp³-hybridized carbons (Fsp3) is 0.333. The molecule has 3 heteroatoms. The van der Waals surface area contributed by atoms with E-state index in [2.05, 4.69) is 11.4 Å². The van der Waals surface area contributed by atoms with Crippen LogP contribution in [0.4, 0.5) is 5.69 Å². The monoisotopic (exact) mass is 200 g/mol. The summed E-state index contributed by atoms with van der Waals surface area (Å²) in [5, 5.41) is 11.4. The fourth-order valence-electron chi connectivity index (χ4n) is 2.09. The van der Waals surface area contributed by atoms with Crippen LogP contribution in [0.5, 0.6) is 0 Å². The van der Waals surface area contributed by atoms with Crippen molar-refractivity contribution in [2.24, 2.45) is 0 Å². The summed E-state index contributed by atoms with van der Waals surface area (Å²) in [7, 11) is 0. The maximum absolute atomic E-state index is 11.7. The Hall–Kier alpha value is -1.82. The molecule has 0 aromatic heterocycles. The van der Waals surface area contributed by atoms with Gasteiger partial charge in [-0.1, -0.05) is 12.1 Å². The third-order valence-electron chi connectivity index (χ3n) is 2.79. The van der Waals surface area contributed by atoms with Gasteiger partial charge in [-0.05, 0) is 30.5 Å². The number of amides is 1. The van der Waals surface area contributed by atoms with Gasteiger partial charge in [-0.2, -0.15) is 5.26 Å². The molecule has 1 heterocycles. The number of aryl methyl sites for hydroxylation is 1. The van der Waals surface area contributed by atoms with Crippen LogP contribution < -0.4 is 5.32 Å². The van der Waals surface area contributed by atoms with Crippen molar-refractivity contribution >= 4 is 11.6 Å². The maximum atomic E-state index is 11.7. The molecule has 0 bridgehead atoms. The van der Waals surface area contributed by atoms with Gasteiger partial charge in [0, 0.05) is 12.1 Å². The SMILES string of the molecule is Cc1cccc2c1C(CCC#N)C(=O)N2. The predicted molar refractivity (Wildman–Crippen MR) is 57.4 cm³/mol. The van der Waals surface area contributed by atoms with Gasteiger partial charge in [-0.25, -0.2) is 0 Å². The van der Waals surface area contributed by atoms with Gasteiger partial charge in [0.25, 0.3) is 0 Å². The molecule has 1 aliphatic rings. The van der Waals surface area contributed by atoms with Crippen molar-refractivity contribution in [1.29, 1.82) is 5.26 Å². The van der Waals surface area contributed by atoms with E-state index in [1.807, 2.05) is 25.1 Å². The minimum absolute atomic E-state index is 0.0227. The molecule has 76 valence electrons. The van der Waals surface area contributed by atoms with Crippen LogP contribution in [0.1, 0.15) is 29.9 Å². The second-order valence-corrected chi connectivity index (χ2v) is 3.77. The van der Waals surface area contributed by atoms with Crippen LogP contribution in [0.25, 0.3) is 0 Å². The zero-order chi connectivity index (χ0) is 10.8. The number of hydrogen-bond acceptors (Lipinski definition) is 2. The molecule has 0 saturated carbocycles. The van der Waals surface area contributed by atoms with E-state index < -0.39 is 0 Å². The lowest BCUT2D eigenvalue weighted by atomic mass is 9.92. The van der Waals surface area contributed by atoms with E-state index in [1.165, 1.54) is 0 Å². The van der Waals surface area contributed by atoms with Crippen LogP contribution in [0.3, 0.4) is 0 Å². The molecule has 15 heavy (non-hydrogen) atoms. The van der Waals surface area contributed by atoms with E-state index in [4.69, 9.17) is 5.26 Å². The number of rotatable bonds is 2. The largest absolute Gasteiger partial charge is 0.325 e. The first-order chi connectivity index (χ1) is 7.24. The number of nitrogens with zero attached hydrogens (tertiary/aromatic N) is 1. The van der Waals surface area contributed by atoms with Crippen LogP contribution in [0.2, 0.25) is 0 Å². The number of fused-ring (bicyclic) bond motifs is 1. The van der Waals surface area contributed by atoms with E-state index in [9.17, 15) is 4.79 Å². The van der Waals surface area contributed by atoms with Crippen LogP contribution >= 0.6 is 0 Å². The molecule has 0 aliphatic carbocycles. The molecule has 1 aliphatic heterocycles. The van der Waals surface area contributed by atoms with Crippen molar-refractivity contribution in [3.63, 3.8) is 0 Å². The first kappa shape index (κ1) is 9.72. The van der Waals surface area contributed by atoms with Crippen molar-refractivity contribution in [1.82, 2.24) is 0 Å². The van der Waals surface area contributed by atoms with Gasteiger partial charge < -0.3 is 5.32 Å². The average molecular weight is 200 g/mol. The van der Waals surface area contributed by atoms with Gasteiger partial charge in [0.2, 0.25) is 5.91 Å².